The highest BCUT2D eigenvalue weighted by atomic mass is 16.3. The van der Waals surface area contributed by atoms with Crippen molar-refractivity contribution in [3.63, 3.8) is 0 Å². The fourth-order valence-corrected chi connectivity index (χ4v) is 2.53. The molecule has 1 aromatic heterocycles. The molecule has 0 saturated carbocycles. The van der Waals surface area contributed by atoms with E-state index in [-0.39, 0.29) is 5.78 Å². The fraction of sp³-hybridized carbons (Fsp3) is 0.200. The van der Waals surface area contributed by atoms with Gasteiger partial charge in [-0.1, -0.05) is 23.8 Å². The zero-order valence-electron chi connectivity index (χ0n) is 10.00. The molecule has 3 rings (SSSR count). The van der Waals surface area contributed by atoms with Gasteiger partial charge in [0.25, 0.3) is 0 Å². The van der Waals surface area contributed by atoms with Crippen LogP contribution in [-0.2, 0) is 0 Å². The molecule has 0 saturated heterocycles. The first kappa shape index (κ1) is 11.1. The summed E-state index contributed by atoms with van der Waals surface area (Å²) in [5.41, 5.74) is 3.15. The number of Topliss-reactive ketones (excluding diaryl/α,β-unsaturated/α-hetero) is 1. The minimum Gasteiger partial charge on any atom is -0.387 e. The quantitative estimate of drug-likeness (QED) is 0.831. The number of pyridine rings is 1. The lowest BCUT2D eigenvalue weighted by molar-refractivity contribution is 0.0872. The van der Waals surface area contributed by atoms with E-state index in [1.165, 1.54) is 0 Å². The van der Waals surface area contributed by atoms with Crippen LogP contribution in [0.3, 0.4) is 0 Å². The van der Waals surface area contributed by atoms with Crippen molar-refractivity contribution in [2.45, 2.75) is 18.9 Å². The summed E-state index contributed by atoms with van der Waals surface area (Å²) >= 11 is 0. The number of hydrogen-bond donors (Lipinski definition) is 1. The molecule has 0 radical (unpaired) electrons. The van der Waals surface area contributed by atoms with Gasteiger partial charge in [-0.2, -0.15) is 0 Å². The fourth-order valence-electron chi connectivity index (χ4n) is 2.53. The van der Waals surface area contributed by atoms with E-state index in [0.717, 1.165) is 16.7 Å². The second-order valence-electron chi connectivity index (χ2n) is 4.66. The predicted octanol–water partition coefficient (Wildman–Crippen LogP) is 2.40. The van der Waals surface area contributed by atoms with Crippen LogP contribution in [0.25, 0.3) is 0 Å². The number of hydrogen-bond acceptors (Lipinski definition) is 3. The molecule has 2 unspecified atom stereocenters. The minimum absolute atomic E-state index is 0.0193. The molecule has 2 atom stereocenters. The molecule has 1 aliphatic rings. The lowest BCUT2D eigenvalue weighted by Gasteiger charge is -2.13. The Hall–Kier alpha value is -2.00. The van der Waals surface area contributed by atoms with Gasteiger partial charge in [-0.3, -0.25) is 9.78 Å². The van der Waals surface area contributed by atoms with Crippen molar-refractivity contribution < 1.29 is 9.90 Å². The zero-order valence-corrected chi connectivity index (χ0v) is 10.00. The largest absolute Gasteiger partial charge is 0.387 e. The van der Waals surface area contributed by atoms with E-state index in [1.807, 2.05) is 31.2 Å². The number of rotatable bonds is 1. The van der Waals surface area contributed by atoms with Crippen LogP contribution in [-0.4, -0.2) is 15.9 Å². The molecule has 0 bridgehead atoms. The van der Waals surface area contributed by atoms with Gasteiger partial charge in [0.15, 0.2) is 5.78 Å². The van der Waals surface area contributed by atoms with E-state index >= 15 is 0 Å². The normalized spacial score (nSPS) is 22.0. The number of nitrogens with zero attached hydrogens (tertiary/aromatic N) is 1. The van der Waals surface area contributed by atoms with Crippen molar-refractivity contribution in [1.82, 2.24) is 4.98 Å². The van der Waals surface area contributed by atoms with Crippen molar-refractivity contribution in [2.75, 3.05) is 0 Å². The van der Waals surface area contributed by atoms with Crippen LogP contribution in [0.15, 0.2) is 42.7 Å². The summed E-state index contributed by atoms with van der Waals surface area (Å²) in [5, 5.41) is 10.3. The van der Waals surface area contributed by atoms with Crippen molar-refractivity contribution in [2.24, 2.45) is 0 Å². The Bertz CT molecular complexity index is 607. The van der Waals surface area contributed by atoms with Crippen LogP contribution in [0.4, 0.5) is 0 Å². The Labute approximate surface area is 105 Å². The molecule has 2 aromatic rings. The Morgan fingerprint density at radius 1 is 1.28 bits per heavy atom. The van der Waals surface area contributed by atoms with Gasteiger partial charge in [-0.25, -0.2) is 0 Å². The first-order valence-corrected chi connectivity index (χ1v) is 5.91. The summed E-state index contributed by atoms with van der Waals surface area (Å²) in [5.74, 6) is -0.537. The predicted molar refractivity (Wildman–Crippen MR) is 67.4 cm³/mol. The van der Waals surface area contributed by atoms with E-state index in [4.69, 9.17) is 0 Å². The standard InChI is InChI=1S/C15H13NO2/c1-9-4-5-11-12(7-9)15(18)13(14(11)17)10-3-2-6-16-8-10/h2-8,13-14,17H,1H3. The maximum Gasteiger partial charge on any atom is 0.173 e. The molecule has 1 heterocycles. The third kappa shape index (κ3) is 1.56. The van der Waals surface area contributed by atoms with Gasteiger partial charge >= 0.3 is 0 Å². The van der Waals surface area contributed by atoms with Crippen LogP contribution in [0.2, 0.25) is 0 Å². The van der Waals surface area contributed by atoms with Crippen LogP contribution >= 0.6 is 0 Å². The summed E-state index contributed by atoms with van der Waals surface area (Å²) in [7, 11) is 0. The number of aryl methyl sites for hydroxylation is 1. The van der Waals surface area contributed by atoms with Crippen LogP contribution < -0.4 is 0 Å². The Morgan fingerprint density at radius 2 is 2.11 bits per heavy atom. The van der Waals surface area contributed by atoms with E-state index < -0.39 is 12.0 Å². The van der Waals surface area contributed by atoms with Crippen LogP contribution in [0.1, 0.15) is 39.1 Å². The highest BCUT2D eigenvalue weighted by molar-refractivity contribution is 6.06. The van der Waals surface area contributed by atoms with Crippen LogP contribution in [0.5, 0.6) is 0 Å². The number of fused-ring (bicyclic) bond motifs is 1. The van der Waals surface area contributed by atoms with E-state index in [9.17, 15) is 9.90 Å². The van der Waals surface area contributed by atoms with Crippen LogP contribution in [0, 0.1) is 6.92 Å². The molecule has 1 aromatic carbocycles. The first-order chi connectivity index (χ1) is 8.68. The summed E-state index contributed by atoms with van der Waals surface area (Å²) in [6.07, 6.45) is 2.54. The maximum absolute atomic E-state index is 12.4. The van der Waals surface area contributed by atoms with Crippen molar-refractivity contribution in [1.29, 1.82) is 0 Å². The summed E-state index contributed by atoms with van der Waals surface area (Å²) in [6, 6.07) is 9.21. The molecular formula is C15H13NO2. The van der Waals surface area contributed by atoms with Crippen molar-refractivity contribution in [3.8, 4) is 0 Å². The maximum atomic E-state index is 12.4. The number of aromatic nitrogens is 1. The third-order valence-electron chi connectivity index (χ3n) is 3.43. The second kappa shape index (κ2) is 4.03. The number of ketones is 1. The number of benzene rings is 1. The van der Waals surface area contributed by atoms with E-state index in [0.29, 0.717) is 5.56 Å². The van der Waals surface area contributed by atoms with Gasteiger partial charge in [0.2, 0.25) is 0 Å². The highest BCUT2D eigenvalue weighted by Gasteiger charge is 2.39. The Kier molecular flexibility index (Phi) is 2.49. The van der Waals surface area contributed by atoms with E-state index in [1.54, 1.807) is 18.5 Å². The zero-order chi connectivity index (χ0) is 12.7. The van der Waals surface area contributed by atoms with Gasteiger partial charge in [0.05, 0.1) is 12.0 Å². The molecule has 0 aliphatic heterocycles. The molecule has 3 nitrogen and oxygen atoms in total. The SMILES string of the molecule is Cc1ccc2c(c1)C(=O)C(c1cccnc1)C2O. The first-order valence-electron chi connectivity index (χ1n) is 5.91. The number of carbonyl (C=O) groups excluding carboxylic acids is 1. The molecule has 1 aliphatic carbocycles. The molecule has 1 N–H and O–H groups in total. The minimum atomic E-state index is -0.766. The Balaban J connectivity index is 2.10. The smallest absolute Gasteiger partial charge is 0.173 e. The summed E-state index contributed by atoms with van der Waals surface area (Å²) < 4.78 is 0. The summed E-state index contributed by atoms with van der Waals surface area (Å²) in [4.78, 5) is 16.4. The van der Waals surface area contributed by atoms with E-state index in [2.05, 4.69) is 4.98 Å². The van der Waals surface area contributed by atoms with Crippen molar-refractivity contribution in [3.05, 3.63) is 65.0 Å². The molecule has 0 spiro atoms. The van der Waals surface area contributed by atoms with Gasteiger partial charge in [-0.05, 0) is 30.2 Å². The highest BCUT2D eigenvalue weighted by Crippen LogP contribution is 2.42. The van der Waals surface area contributed by atoms with Gasteiger partial charge in [0, 0.05) is 18.0 Å². The average molecular weight is 239 g/mol. The monoisotopic (exact) mass is 239 g/mol. The van der Waals surface area contributed by atoms with Gasteiger partial charge < -0.3 is 5.11 Å². The second-order valence-corrected chi connectivity index (χ2v) is 4.66. The number of aliphatic hydroxyl groups is 1. The topological polar surface area (TPSA) is 50.2 Å². The third-order valence-corrected chi connectivity index (χ3v) is 3.43. The molecule has 3 heteroatoms. The average Bonchev–Trinajstić information content (AvgIpc) is 2.63. The van der Waals surface area contributed by atoms with Crippen molar-refractivity contribution >= 4 is 5.78 Å². The molecule has 0 amide bonds. The molecule has 18 heavy (non-hydrogen) atoms. The molecular weight excluding hydrogens is 226 g/mol. The lowest BCUT2D eigenvalue weighted by Crippen LogP contribution is -2.11. The summed E-state index contributed by atoms with van der Waals surface area (Å²) in [6.45, 7) is 1.94. The Morgan fingerprint density at radius 3 is 2.83 bits per heavy atom. The lowest BCUT2D eigenvalue weighted by atomic mass is 9.95. The van der Waals surface area contributed by atoms with Gasteiger partial charge in [-0.15, -0.1) is 0 Å². The number of aliphatic hydroxyl groups excluding tert-OH is 1. The molecule has 0 fully saturated rings. The van der Waals surface area contributed by atoms with Gasteiger partial charge in [0.1, 0.15) is 0 Å². The number of carbonyl (C=O) groups is 1. The molecule has 90 valence electrons.